The minimum atomic E-state index is -0.473. The monoisotopic (exact) mass is 551 g/mol. The molecular weight excluding hydrogens is 525 g/mol. The molecule has 0 spiro atoms. The Kier molecular flexibility index (Phi) is 7.78. The Balaban J connectivity index is 1.49. The molecule has 0 saturated carbocycles. The molecular formula is C27H27ClFN7O3. The molecule has 12 heteroatoms. The van der Waals surface area contributed by atoms with E-state index in [9.17, 15) is 9.18 Å². The van der Waals surface area contributed by atoms with E-state index < -0.39 is 5.82 Å². The zero-order valence-corrected chi connectivity index (χ0v) is 22.2. The zero-order valence-electron chi connectivity index (χ0n) is 21.5. The maximum atomic E-state index is 14.2. The number of ether oxygens (including phenoxy) is 2. The summed E-state index contributed by atoms with van der Waals surface area (Å²) in [6, 6.07) is 15.0. The van der Waals surface area contributed by atoms with Crippen LogP contribution in [0.5, 0.6) is 17.4 Å². The Bertz CT molecular complexity index is 1470. The van der Waals surface area contributed by atoms with E-state index in [-0.39, 0.29) is 17.7 Å². The molecule has 5 rings (SSSR count). The number of pyridine rings is 1. The van der Waals surface area contributed by atoms with E-state index in [0.29, 0.717) is 55.3 Å². The fourth-order valence-electron chi connectivity index (χ4n) is 4.42. The summed E-state index contributed by atoms with van der Waals surface area (Å²) in [6.45, 7) is 2.63. The molecule has 1 saturated heterocycles. The minimum Gasteiger partial charge on any atom is -0.496 e. The van der Waals surface area contributed by atoms with Gasteiger partial charge in [0.25, 0.3) is 0 Å². The van der Waals surface area contributed by atoms with Crippen LogP contribution in [0, 0.1) is 5.82 Å². The predicted molar refractivity (Wildman–Crippen MR) is 145 cm³/mol. The van der Waals surface area contributed by atoms with Gasteiger partial charge in [-0.25, -0.2) is 14.2 Å². The predicted octanol–water partition coefficient (Wildman–Crippen LogP) is 4.44. The highest BCUT2D eigenvalue weighted by atomic mass is 35.5. The zero-order chi connectivity index (χ0) is 27.4. The van der Waals surface area contributed by atoms with Crippen molar-refractivity contribution in [3.63, 3.8) is 0 Å². The van der Waals surface area contributed by atoms with E-state index in [0.717, 1.165) is 11.1 Å². The third-order valence-corrected chi connectivity index (χ3v) is 6.63. The van der Waals surface area contributed by atoms with Crippen molar-refractivity contribution in [1.29, 1.82) is 0 Å². The van der Waals surface area contributed by atoms with Crippen LogP contribution in [-0.4, -0.2) is 71.0 Å². The highest BCUT2D eigenvalue weighted by Crippen LogP contribution is 2.34. The summed E-state index contributed by atoms with van der Waals surface area (Å²) >= 11 is 6.21. The second-order valence-corrected chi connectivity index (χ2v) is 9.25. The van der Waals surface area contributed by atoms with E-state index in [1.165, 1.54) is 6.07 Å². The number of amides is 2. The summed E-state index contributed by atoms with van der Waals surface area (Å²) < 4.78 is 27.4. The fourth-order valence-corrected chi connectivity index (χ4v) is 4.58. The third-order valence-electron chi connectivity index (χ3n) is 6.39. The van der Waals surface area contributed by atoms with Gasteiger partial charge < -0.3 is 24.6 Å². The van der Waals surface area contributed by atoms with E-state index >= 15 is 0 Å². The lowest BCUT2D eigenvalue weighted by Crippen LogP contribution is -2.51. The number of urea groups is 1. The molecule has 2 aromatic carbocycles. The van der Waals surface area contributed by atoms with Crippen molar-refractivity contribution in [2.75, 3.05) is 45.2 Å². The van der Waals surface area contributed by atoms with Gasteiger partial charge in [0, 0.05) is 50.5 Å². The van der Waals surface area contributed by atoms with E-state index in [4.69, 9.17) is 21.1 Å². The summed E-state index contributed by atoms with van der Waals surface area (Å²) in [5, 5.41) is 12.3. The number of carbonyl (C=O) groups is 1. The van der Waals surface area contributed by atoms with Gasteiger partial charge in [0.1, 0.15) is 5.75 Å². The Morgan fingerprint density at radius 3 is 2.59 bits per heavy atom. The second-order valence-electron chi connectivity index (χ2n) is 8.82. The summed E-state index contributed by atoms with van der Waals surface area (Å²) in [6.07, 6.45) is 1.61. The molecule has 2 aromatic heterocycles. The summed E-state index contributed by atoms with van der Waals surface area (Å²) in [7, 11) is 3.19. The fraction of sp³-hybridized carbons (Fsp3) is 0.259. The van der Waals surface area contributed by atoms with Crippen LogP contribution in [0.2, 0.25) is 5.02 Å². The van der Waals surface area contributed by atoms with Crippen LogP contribution in [0.25, 0.3) is 11.4 Å². The number of nitrogens with zero attached hydrogens (tertiary/aromatic N) is 6. The number of nitrogens with one attached hydrogen (secondary N) is 1. The maximum Gasteiger partial charge on any atom is 0.317 e. The average Bonchev–Trinajstić information content (AvgIpc) is 3.37. The normalized spacial score (nSPS) is 13.3. The van der Waals surface area contributed by atoms with Crippen LogP contribution < -0.4 is 19.7 Å². The second kappa shape index (κ2) is 11.6. The molecule has 1 aliphatic heterocycles. The number of carbonyl (C=O) groups excluding carboxylic acids is 1. The molecule has 0 bridgehead atoms. The van der Waals surface area contributed by atoms with Crippen LogP contribution in [-0.2, 0) is 6.54 Å². The molecule has 39 heavy (non-hydrogen) atoms. The number of aromatic nitrogens is 4. The Labute approximate surface area is 229 Å². The van der Waals surface area contributed by atoms with Gasteiger partial charge in [-0.15, -0.1) is 10.2 Å². The van der Waals surface area contributed by atoms with E-state index in [2.05, 4.69) is 25.4 Å². The smallest absolute Gasteiger partial charge is 0.317 e. The van der Waals surface area contributed by atoms with Crippen molar-refractivity contribution >= 4 is 23.6 Å². The number of piperazine rings is 1. The lowest BCUT2D eigenvalue weighted by Gasteiger charge is -2.35. The number of anilines is 1. The lowest BCUT2D eigenvalue weighted by atomic mass is 10.1. The largest absolute Gasteiger partial charge is 0.496 e. The van der Waals surface area contributed by atoms with Gasteiger partial charge in [0.05, 0.1) is 19.2 Å². The lowest BCUT2D eigenvalue weighted by molar-refractivity contribution is 0.196. The number of hydrogen-bond donors (Lipinski definition) is 1. The van der Waals surface area contributed by atoms with Crippen molar-refractivity contribution in [3.05, 3.63) is 77.2 Å². The third kappa shape index (κ3) is 5.73. The SMILES string of the molecule is CNC(=O)N1CCN(c2nnc(-c3ccc(Cl)cc3OC)n2Cc2ccnc(Oc3ccccc3F)c2)CC1. The topological polar surface area (TPSA) is 97.6 Å². The van der Waals surface area contributed by atoms with Crippen LogP contribution in [0.15, 0.2) is 60.8 Å². The molecule has 202 valence electrons. The van der Waals surface area contributed by atoms with Crippen molar-refractivity contribution < 1.29 is 18.7 Å². The highest BCUT2D eigenvalue weighted by molar-refractivity contribution is 6.30. The van der Waals surface area contributed by atoms with Crippen LogP contribution in [0.3, 0.4) is 0 Å². The molecule has 0 atom stereocenters. The first-order valence-corrected chi connectivity index (χ1v) is 12.7. The van der Waals surface area contributed by atoms with Gasteiger partial charge in [0.15, 0.2) is 17.4 Å². The standard InChI is InChI=1S/C27H27ClFN7O3/c1-30-27(37)35-13-11-34(12-14-35)26-33-32-25(20-8-7-19(28)16-23(20)38-2)36(26)17-18-9-10-31-24(15-18)39-22-6-4-3-5-21(22)29/h3-10,15-16H,11-14,17H2,1-2H3,(H,30,37). The molecule has 2 amide bonds. The maximum absolute atomic E-state index is 14.2. The first-order chi connectivity index (χ1) is 19.0. The van der Waals surface area contributed by atoms with Crippen molar-refractivity contribution in [1.82, 2.24) is 30.0 Å². The first kappa shape index (κ1) is 26.2. The van der Waals surface area contributed by atoms with Crippen LogP contribution >= 0.6 is 11.6 Å². The quantitative estimate of drug-likeness (QED) is 0.362. The number of halogens is 2. The number of benzene rings is 2. The Morgan fingerprint density at radius 2 is 1.85 bits per heavy atom. The van der Waals surface area contributed by atoms with Crippen molar-refractivity contribution in [2.24, 2.45) is 0 Å². The summed E-state index contributed by atoms with van der Waals surface area (Å²) in [4.78, 5) is 20.2. The molecule has 0 aliphatic carbocycles. The highest BCUT2D eigenvalue weighted by Gasteiger charge is 2.26. The molecule has 0 unspecified atom stereocenters. The van der Waals surface area contributed by atoms with E-state index in [1.54, 1.807) is 61.7 Å². The molecule has 3 heterocycles. The van der Waals surface area contributed by atoms with Gasteiger partial charge >= 0.3 is 6.03 Å². The molecule has 1 fully saturated rings. The average molecular weight is 552 g/mol. The summed E-state index contributed by atoms with van der Waals surface area (Å²) in [5.74, 6) is 1.67. The Morgan fingerprint density at radius 1 is 1.05 bits per heavy atom. The summed E-state index contributed by atoms with van der Waals surface area (Å²) in [5.41, 5.74) is 1.57. The minimum absolute atomic E-state index is 0.0905. The number of hydrogen-bond acceptors (Lipinski definition) is 7. The van der Waals surface area contributed by atoms with Gasteiger partial charge in [-0.1, -0.05) is 23.7 Å². The van der Waals surface area contributed by atoms with Gasteiger partial charge in [-0.3, -0.25) is 4.57 Å². The Hall–Kier alpha value is -4.38. The number of para-hydroxylation sites is 1. The number of methoxy groups -OCH3 is 1. The van der Waals surface area contributed by atoms with Crippen molar-refractivity contribution in [2.45, 2.75) is 6.54 Å². The molecule has 4 aromatic rings. The van der Waals surface area contributed by atoms with Gasteiger partial charge in [-0.05, 0) is 42.0 Å². The molecule has 1 N–H and O–H groups in total. The molecule has 0 radical (unpaired) electrons. The number of rotatable bonds is 7. The van der Waals surface area contributed by atoms with Crippen molar-refractivity contribution in [3.8, 4) is 28.8 Å². The molecule has 10 nitrogen and oxygen atoms in total. The first-order valence-electron chi connectivity index (χ1n) is 12.3. The van der Waals surface area contributed by atoms with Crippen LogP contribution in [0.4, 0.5) is 15.1 Å². The molecule has 1 aliphatic rings. The van der Waals surface area contributed by atoms with Gasteiger partial charge in [0.2, 0.25) is 11.8 Å². The van der Waals surface area contributed by atoms with Crippen LogP contribution in [0.1, 0.15) is 5.56 Å². The van der Waals surface area contributed by atoms with E-state index in [1.807, 2.05) is 16.7 Å². The van der Waals surface area contributed by atoms with Gasteiger partial charge in [-0.2, -0.15) is 0 Å².